The minimum Gasteiger partial charge on any atom is -0.480 e. The van der Waals surface area contributed by atoms with Crippen LogP contribution in [0.5, 0.6) is 0 Å². The Bertz CT molecular complexity index is 1020. The van der Waals surface area contributed by atoms with Crippen molar-refractivity contribution in [3.8, 4) is 0 Å². The second kappa shape index (κ2) is 6.87. The number of benzene rings is 2. The van der Waals surface area contributed by atoms with Gasteiger partial charge in [0.25, 0.3) is 0 Å². The van der Waals surface area contributed by atoms with E-state index in [9.17, 15) is 14.7 Å². The quantitative estimate of drug-likeness (QED) is 0.544. The molecule has 4 N–H and O–H groups in total. The van der Waals surface area contributed by atoms with Gasteiger partial charge in [-0.2, -0.15) is 5.11 Å². The molecule has 0 bridgehead atoms. The van der Waals surface area contributed by atoms with Crippen molar-refractivity contribution in [2.24, 2.45) is 15.6 Å². The van der Waals surface area contributed by atoms with Crippen LogP contribution >= 0.6 is 0 Å². The fourth-order valence-electron chi connectivity index (χ4n) is 2.61. The van der Waals surface area contributed by atoms with Crippen molar-refractivity contribution in [2.45, 2.75) is 6.92 Å². The molecule has 3 rings (SSSR count). The first kappa shape index (κ1) is 18.1. The molecular formula is C20H17N3O4. The van der Waals surface area contributed by atoms with Gasteiger partial charge in [0.2, 0.25) is 0 Å². The van der Waals surface area contributed by atoms with E-state index in [0.29, 0.717) is 28.2 Å². The van der Waals surface area contributed by atoms with Gasteiger partial charge in [-0.25, -0.2) is 4.79 Å². The normalized spacial score (nSPS) is 18.3. The van der Waals surface area contributed by atoms with E-state index in [1.807, 2.05) is 0 Å². The summed E-state index contributed by atoms with van der Waals surface area (Å²) in [7, 11) is 0. The molecule has 0 fully saturated rings. The van der Waals surface area contributed by atoms with Crippen LogP contribution in [0.25, 0.3) is 12.2 Å². The first-order valence-electron chi connectivity index (χ1n) is 8.09. The molecule has 1 aliphatic rings. The summed E-state index contributed by atoms with van der Waals surface area (Å²) in [5.41, 5.74) is 7.68. The number of anilines is 1. The third-order valence-corrected chi connectivity index (χ3v) is 4.32. The molecule has 2 aromatic carbocycles. The molecule has 0 amide bonds. The summed E-state index contributed by atoms with van der Waals surface area (Å²) in [4.78, 5) is 22.6. The van der Waals surface area contributed by atoms with Crippen LogP contribution in [0.2, 0.25) is 0 Å². The van der Waals surface area contributed by atoms with E-state index in [1.54, 1.807) is 55.5 Å². The standard InChI is InChI=1S/C20H17N3O4/c1-20(19(26)27)9-7-14-15(8-10-20)17(6-5-16(14)21)23-22-13-4-2-3-12(11-13)18(24)25/h2-11H,21H2,1H3,(H,24,25)(H,26,27). The van der Waals surface area contributed by atoms with E-state index in [1.165, 1.54) is 12.1 Å². The number of fused-ring (bicyclic) bond motifs is 1. The SMILES string of the molecule is CC1(C(=O)O)C=Cc2c(N)ccc(N=Nc3cccc(C(=O)O)c3)c2C=C1. The van der Waals surface area contributed by atoms with Crippen molar-refractivity contribution < 1.29 is 19.8 Å². The van der Waals surface area contributed by atoms with Crippen molar-refractivity contribution in [3.05, 3.63) is 65.2 Å². The van der Waals surface area contributed by atoms with Crippen LogP contribution in [0.3, 0.4) is 0 Å². The van der Waals surface area contributed by atoms with Crippen LogP contribution in [-0.2, 0) is 4.79 Å². The highest BCUT2D eigenvalue weighted by molar-refractivity contribution is 5.89. The molecule has 27 heavy (non-hydrogen) atoms. The zero-order valence-corrected chi connectivity index (χ0v) is 14.5. The van der Waals surface area contributed by atoms with E-state index in [-0.39, 0.29) is 5.56 Å². The molecule has 1 aliphatic carbocycles. The number of hydrogen-bond acceptors (Lipinski definition) is 5. The monoisotopic (exact) mass is 363 g/mol. The highest BCUT2D eigenvalue weighted by Crippen LogP contribution is 2.36. The highest BCUT2D eigenvalue weighted by Gasteiger charge is 2.28. The third-order valence-electron chi connectivity index (χ3n) is 4.32. The van der Waals surface area contributed by atoms with Crippen LogP contribution in [0.1, 0.15) is 28.4 Å². The summed E-state index contributed by atoms with van der Waals surface area (Å²) in [6.45, 7) is 1.59. The van der Waals surface area contributed by atoms with Gasteiger partial charge >= 0.3 is 11.9 Å². The zero-order valence-electron chi connectivity index (χ0n) is 14.5. The van der Waals surface area contributed by atoms with E-state index >= 15 is 0 Å². The lowest BCUT2D eigenvalue weighted by Gasteiger charge is -2.13. The molecule has 0 saturated heterocycles. The van der Waals surface area contributed by atoms with Gasteiger partial charge in [-0.05, 0) is 37.3 Å². The predicted octanol–water partition coefficient (Wildman–Crippen LogP) is 4.51. The van der Waals surface area contributed by atoms with Gasteiger partial charge in [-0.15, -0.1) is 5.11 Å². The molecule has 7 heteroatoms. The number of aliphatic carboxylic acids is 1. The zero-order chi connectivity index (χ0) is 19.6. The minimum absolute atomic E-state index is 0.114. The van der Waals surface area contributed by atoms with E-state index in [4.69, 9.17) is 10.8 Å². The number of nitrogens with two attached hydrogens (primary N) is 1. The number of carboxylic acids is 2. The van der Waals surface area contributed by atoms with Crippen molar-refractivity contribution in [1.29, 1.82) is 0 Å². The predicted molar refractivity (Wildman–Crippen MR) is 102 cm³/mol. The summed E-state index contributed by atoms with van der Waals surface area (Å²) in [5, 5.41) is 26.8. The Morgan fingerprint density at radius 3 is 2.37 bits per heavy atom. The lowest BCUT2D eigenvalue weighted by Crippen LogP contribution is -2.21. The van der Waals surface area contributed by atoms with Gasteiger partial charge in [-0.3, -0.25) is 4.79 Å². The largest absolute Gasteiger partial charge is 0.480 e. The van der Waals surface area contributed by atoms with Crippen molar-refractivity contribution in [2.75, 3.05) is 5.73 Å². The summed E-state index contributed by atoms with van der Waals surface area (Å²) in [6.07, 6.45) is 6.48. The number of azo groups is 1. The second-order valence-electron chi connectivity index (χ2n) is 6.31. The number of carboxylic acid groups (broad SMARTS) is 2. The molecule has 0 aromatic heterocycles. The Hall–Kier alpha value is -3.74. The van der Waals surface area contributed by atoms with Gasteiger partial charge in [-0.1, -0.05) is 30.4 Å². The molecule has 1 atom stereocenters. The van der Waals surface area contributed by atoms with Crippen LogP contribution in [-0.4, -0.2) is 22.2 Å². The van der Waals surface area contributed by atoms with Crippen LogP contribution in [0.4, 0.5) is 17.1 Å². The topological polar surface area (TPSA) is 125 Å². The first-order valence-corrected chi connectivity index (χ1v) is 8.09. The van der Waals surface area contributed by atoms with Crippen molar-refractivity contribution in [1.82, 2.24) is 0 Å². The summed E-state index contributed by atoms with van der Waals surface area (Å²) in [6, 6.07) is 9.46. The lowest BCUT2D eigenvalue weighted by atomic mass is 9.90. The molecule has 0 heterocycles. The van der Waals surface area contributed by atoms with Gasteiger partial charge in [0.1, 0.15) is 5.41 Å². The van der Waals surface area contributed by atoms with Gasteiger partial charge < -0.3 is 15.9 Å². The van der Waals surface area contributed by atoms with Gasteiger partial charge in [0.15, 0.2) is 0 Å². The van der Waals surface area contributed by atoms with Crippen LogP contribution in [0, 0.1) is 5.41 Å². The smallest absolute Gasteiger partial charge is 0.335 e. The number of rotatable bonds is 4. The van der Waals surface area contributed by atoms with E-state index in [2.05, 4.69) is 10.2 Å². The molecule has 0 aliphatic heterocycles. The summed E-state index contributed by atoms with van der Waals surface area (Å²) >= 11 is 0. The molecule has 0 spiro atoms. The Morgan fingerprint density at radius 1 is 1.00 bits per heavy atom. The number of nitrogen functional groups attached to an aromatic ring is 1. The highest BCUT2D eigenvalue weighted by atomic mass is 16.4. The maximum absolute atomic E-state index is 11.5. The number of nitrogens with zero attached hydrogens (tertiary/aromatic N) is 2. The minimum atomic E-state index is -1.16. The molecular weight excluding hydrogens is 346 g/mol. The maximum atomic E-state index is 11.5. The Kier molecular flexibility index (Phi) is 4.60. The van der Waals surface area contributed by atoms with Crippen molar-refractivity contribution >= 4 is 41.2 Å². The Labute approximate surface area is 155 Å². The van der Waals surface area contributed by atoms with Crippen molar-refractivity contribution in [3.63, 3.8) is 0 Å². The third kappa shape index (κ3) is 3.62. The fourth-order valence-corrected chi connectivity index (χ4v) is 2.61. The Balaban J connectivity index is 2.03. The van der Waals surface area contributed by atoms with E-state index in [0.717, 1.165) is 0 Å². The molecule has 7 nitrogen and oxygen atoms in total. The average molecular weight is 363 g/mol. The summed E-state index contributed by atoms with van der Waals surface area (Å²) in [5.74, 6) is -2.02. The lowest BCUT2D eigenvalue weighted by molar-refractivity contribution is -0.142. The van der Waals surface area contributed by atoms with E-state index < -0.39 is 17.4 Å². The van der Waals surface area contributed by atoms with Crippen LogP contribution < -0.4 is 5.73 Å². The van der Waals surface area contributed by atoms with Gasteiger partial charge in [0, 0.05) is 16.8 Å². The van der Waals surface area contributed by atoms with Crippen LogP contribution in [0.15, 0.2) is 58.8 Å². The first-order chi connectivity index (χ1) is 12.8. The molecule has 0 radical (unpaired) electrons. The second-order valence-corrected chi connectivity index (χ2v) is 6.31. The number of hydrogen-bond donors (Lipinski definition) is 3. The maximum Gasteiger partial charge on any atom is 0.335 e. The molecule has 136 valence electrons. The molecule has 0 saturated carbocycles. The molecule has 2 aromatic rings. The number of carbonyl (C=O) groups is 2. The van der Waals surface area contributed by atoms with Gasteiger partial charge in [0.05, 0.1) is 16.9 Å². The average Bonchev–Trinajstić information content (AvgIpc) is 2.83. The fraction of sp³-hybridized carbons (Fsp3) is 0.100. The number of aromatic carboxylic acids is 1. The Morgan fingerprint density at radius 2 is 1.70 bits per heavy atom. The molecule has 1 unspecified atom stereocenters. The summed E-state index contributed by atoms with van der Waals surface area (Å²) < 4.78 is 0.